The van der Waals surface area contributed by atoms with Crippen molar-refractivity contribution in [2.45, 2.75) is 32.6 Å². The summed E-state index contributed by atoms with van der Waals surface area (Å²) < 4.78 is 0. The number of carbonyl (C=O) groups excluding carboxylic acids is 3. The van der Waals surface area contributed by atoms with E-state index in [2.05, 4.69) is 5.32 Å². The maximum absolute atomic E-state index is 13.0. The number of rotatable bonds is 4. The van der Waals surface area contributed by atoms with Crippen molar-refractivity contribution in [3.05, 3.63) is 64.2 Å². The van der Waals surface area contributed by atoms with Gasteiger partial charge in [0.1, 0.15) is 0 Å². The molecule has 2 atom stereocenters. The number of nitrogens with zero attached hydrogens (tertiary/aromatic N) is 1. The SMILES string of the molecule is Cc1cc(Cl)ccc1NC(=O)C1CCCCC1CN1C(=O)c2ccccc2C1=O. The van der Waals surface area contributed by atoms with Gasteiger partial charge in [0.25, 0.3) is 11.8 Å². The van der Waals surface area contributed by atoms with E-state index < -0.39 is 0 Å². The zero-order valence-corrected chi connectivity index (χ0v) is 17.0. The molecule has 1 heterocycles. The van der Waals surface area contributed by atoms with Gasteiger partial charge >= 0.3 is 0 Å². The predicted octanol–water partition coefficient (Wildman–Crippen LogP) is 4.69. The molecule has 150 valence electrons. The zero-order chi connectivity index (χ0) is 20.5. The fourth-order valence-corrected chi connectivity index (χ4v) is 4.63. The van der Waals surface area contributed by atoms with E-state index in [0.717, 1.165) is 36.9 Å². The Hall–Kier alpha value is -2.66. The summed E-state index contributed by atoms with van der Waals surface area (Å²) in [6.07, 6.45) is 3.55. The Bertz CT molecular complexity index is 953. The Morgan fingerprint density at radius 2 is 1.72 bits per heavy atom. The first kappa shape index (κ1) is 19.6. The molecule has 1 aliphatic carbocycles. The Labute approximate surface area is 175 Å². The lowest BCUT2D eigenvalue weighted by molar-refractivity contribution is -0.122. The van der Waals surface area contributed by atoms with Gasteiger partial charge in [-0.3, -0.25) is 19.3 Å². The van der Waals surface area contributed by atoms with Gasteiger partial charge in [0.15, 0.2) is 0 Å². The zero-order valence-electron chi connectivity index (χ0n) is 16.3. The highest BCUT2D eigenvalue weighted by atomic mass is 35.5. The molecule has 3 amide bonds. The van der Waals surface area contributed by atoms with Gasteiger partial charge in [0.05, 0.1) is 11.1 Å². The standard InChI is InChI=1S/C23H23ClN2O3/c1-14-12-16(24)10-11-20(14)25-21(27)17-7-3-2-6-15(17)13-26-22(28)18-8-4-5-9-19(18)23(26)29/h4-5,8-12,15,17H,2-3,6-7,13H2,1H3,(H,25,27). The minimum Gasteiger partial charge on any atom is -0.326 e. The maximum atomic E-state index is 13.0. The Balaban J connectivity index is 1.50. The largest absolute Gasteiger partial charge is 0.326 e. The van der Waals surface area contributed by atoms with Gasteiger partial charge in [-0.15, -0.1) is 0 Å². The van der Waals surface area contributed by atoms with Crippen molar-refractivity contribution in [2.24, 2.45) is 11.8 Å². The summed E-state index contributed by atoms with van der Waals surface area (Å²) in [6.45, 7) is 2.18. The smallest absolute Gasteiger partial charge is 0.261 e. The molecule has 0 radical (unpaired) electrons. The van der Waals surface area contributed by atoms with E-state index >= 15 is 0 Å². The third-order valence-corrected chi connectivity index (χ3v) is 6.22. The number of aryl methyl sites for hydroxylation is 1. The molecule has 1 N–H and O–H groups in total. The van der Waals surface area contributed by atoms with Gasteiger partial charge in [-0.1, -0.05) is 36.6 Å². The second-order valence-electron chi connectivity index (χ2n) is 7.87. The number of hydrogen-bond donors (Lipinski definition) is 1. The number of fused-ring (bicyclic) bond motifs is 1. The van der Waals surface area contributed by atoms with E-state index in [1.54, 1.807) is 36.4 Å². The van der Waals surface area contributed by atoms with E-state index in [-0.39, 0.29) is 36.1 Å². The molecule has 1 aliphatic heterocycles. The summed E-state index contributed by atoms with van der Waals surface area (Å²) in [5.41, 5.74) is 2.54. The molecule has 4 rings (SSSR count). The van der Waals surface area contributed by atoms with Crippen LogP contribution in [0.15, 0.2) is 42.5 Å². The highest BCUT2D eigenvalue weighted by Gasteiger charge is 2.40. The van der Waals surface area contributed by atoms with Gasteiger partial charge in [-0.2, -0.15) is 0 Å². The molecule has 2 aromatic carbocycles. The van der Waals surface area contributed by atoms with Crippen molar-refractivity contribution in [3.63, 3.8) is 0 Å². The monoisotopic (exact) mass is 410 g/mol. The molecule has 6 heteroatoms. The van der Waals surface area contributed by atoms with Crippen LogP contribution in [0.25, 0.3) is 0 Å². The van der Waals surface area contributed by atoms with E-state index in [9.17, 15) is 14.4 Å². The first-order valence-electron chi connectivity index (χ1n) is 9.98. The number of carbonyl (C=O) groups is 3. The second kappa shape index (κ2) is 7.99. The number of imide groups is 1. The highest BCUT2D eigenvalue weighted by Crippen LogP contribution is 2.34. The third kappa shape index (κ3) is 3.79. The Morgan fingerprint density at radius 3 is 2.38 bits per heavy atom. The number of nitrogens with one attached hydrogen (secondary N) is 1. The van der Waals surface area contributed by atoms with E-state index in [1.807, 2.05) is 13.0 Å². The summed E-state index contributed by atoms with van der Waals surface area (Å²) in [4.78, 5) is 39.8. The lowest BCUT2D eigenvalue weighted by Crippen LogP contribution is -2.41. The van der Waals surface area contributed by atoms with Gasteiger partial charge in [0, 0.05) is 23.2 Å². The van der Waals surface area contributed by atoms with Crippen molar-refractivity contribution in [1.29, 1.82) is 0 Å². The van der Waals surface area contributed by atoms with Crippen molar-refractivity contribution < 1.29 is 14.4 Å². The summed E-state index contributed by atoms with van der Waals surface area (Å²) in [5, 5.41) is 3.64. The molecule has 0 saturated heterocycles. The van der Waals surface area contributed by atoms with Gasteiger partial charge in [-0.05, 0) is 61.6 Å². The molecule has 0 aromatic heterocycles. The van der Waals surface area contributed by atoms with Crippen LogP contribution in [0.2, 0.25) is 5.02 Å². The van der Waals surface area contributed by atoms with Crippen LogP contribution in [0.5, 0.6) is 0 Å². The molecule has 0 spiro atoms. The van der Waals surface area contributed by atoms with Crippen molar-refractivity contribution >= 4 is 35.0 Å². The third-order valence-electron chi connectivity index (χ3n) is 5.99. The number of anilines is 1. The molecule has 1 saturated carbocycles. The fraction of sp³-hybridized carbons (Fsp3) is 0.348. The van der Waals surface area contributed by atoms with Crippen LogP contribution in [0, 0.1) is 18.8 Å². The Morgan fingerprint density at radius 1 is 1.07 bits per heavy atom. The van der Waals surface area contributed by atoms with Crippen LogP contribution in [-0.2, 0) is 4.79 Å². The summed E-state index contributed by atoms with van der Waals surface area (Å²) >= 11 is 6.00. The van der Waals surface area contributed by atoms with E-state index in [1.165, 1.54) is 4.90 Å². The van der Waals surface area contributed by atoms with Crippen LogP contribution in [0.3, 0.4) is 0 Å². The first-order chi connectivity index (χ1) is 14.0. The topological polar surface area (TPSA) is 66.5 Å². The van der Waals surface area contributed by atoms with Gasteiger partial charge in [0.2, 0.25) is 5.91 Å². The molecule has 0 bridgehead atoms. The summed E-state index contributed by atoms with van der Waals surface area (Å²) in [6, 6.07) is 12.3. The number of benzene rings is 2. The van der Waals surface area contributed by atoms with Crippen LogP contribution >= 0.6 is 11.6 Å². The highest BCUT2D eigenvalue weighted by molar-refractivity contribution is 6.30. The average Bonchev–Trinajstić information content (AvgIpc) is 2.96. The van der Waals surface area contributed by atoms with Crippen molar-refractivity contribution in [2.75, 3.05) is 11.9 Å². The minimum atomic E-state index is -0.260. The molecule has 29 heavy (non-hydrogen) atoms. The Kier molecular flexibility index (Phi) is 5.41. The molecular formula is C23H23ClN2O3. The average molecular weight is 411 g/mol. The first-order valence-corrected chi connectivity index (χ1v) is 10.4. The number of amides is 3. The molecule has 1 fully saturated rings. The summed E-state index contributed by atoms with van der Waals surface area (Å²) in [5.74, 6) is -0.855. The van der Waals surface area contributed by atoms with Gasteiger partial charge in [-0.25, -0.2) is 0 Å². The van der Waals surface area contributed by atoms with Crippen molar-refractivity contribution in [1.82, 2.24) is 4.90 Å². The van der Waals surface area contributed by atoms with Crippen LogP contribution < -0.4 is 5.32 Å². The normalized spacial score (nSPS) is 21.2. The number of hydrogen-bond acceptors (Lipinski definition) is 3. The molecule has 2 aromatic rings. The summed E-state index contributed by atoms with van der Waals surface area (Å²) in [7, 11) is 0. The number of halogens is 1. The van der Waals surface area contributed by atoms with Crippen LogP contribution in [0.4, 0.5) is 5.69 Å². The van der Waals surface area contributed by atoms with Crippen LogP contribution in [-0.4, -0.2) is 29.2 Å². The van der Waals surface area contributed by atoms with E-state index in [0.29, 0.717) is 16.1 Å². The predicted molar refractivity (Wildman–Crippen MR) is 112 cm³/mol. The molecule has 2 aliphatic rings. The second-order valence-corrected chi connectivity index (χ2v) is 8.30. The van der Waals surface area contributed by atoms with Crippen molar-refractivity contribution in [3.8, 4) is 0 Å². The van der Waals surface area contributed by atoms with E-state index in [4.69, 9.17) is 11.6 Å². The van der Waals surface area contributed by atoms with Crippen LogP contribution in [0.1, 0.15) is 52.0 Å². The molecule has 2 unspecified atom stereocenters. The fourth-order valence-electron chi connectivity index (χ4n) is 4.40. The lowest BCUT2D eigenvalue weighted by atomic mass is 9.78. The maximum Gasteiger partial charge on any atom is 0.261 e. The molecule has 5 nitrogen and oxygen atoms in total. The minimum absolute atomic E-state index is 0.0430. The lowest BCUT2D eigenvalue weighted by Gasteiger charge is -2.33. The van der Waals surface area contributed by atoms with Gasteiger partial charge < -0.3 is 5.32 Å². The quantitative estimate of drug-likeness (QED) is 0.743. The molecular weight excluding hydrogens is 388 g/mol.